The summed E-state index contributed by atoms with van der Waals surface area (Å²) in [6.45, 7) is 5.08. The second kappa shape index (κ2) is 9.76. The summed E-state index contributed by atoms with van der Waals surface area (Å²) in [6.07, 6.45) is 0. The van der Waals surface area contributed by atoms with Crippen LogP contribution in [0.25, 0.3) is 0 Å². The minimum Gasteiger partial charge on any atom is -0.497 e. The molecule has 2 atom stereocenters. The lowest BCUT2D eigenvalue weighted by molar-refractivity contribution is 0.0827. The summed E-state index contributed by atoms with van der Waals surface area (Å²) in [6, 6.07) is 16.4. The molecule has 0 radical (unpaired) electrons. The third-order valence-corrected chi connectivity index (χ3v) is 5.31. The van der Waals surface area contributed by atoms with Crippen LogP contribution < -0.4 is 15.0 Å². The van der Waals surface area contributed by atoms with Crippen molar-refractivity contribution in [2.45, 2.75) is 19.0 Å². The average Bonchev–Trinajstić information content (AvgIpc) is 2.77. The first-order chi connectivity index (χ1) is 14.0. The summed E-state index contributed by atoms with van der Waals surface area (Å²) >= 11 is 0. The molecule has 1 unspecified atom stereocenters. The van der Waals surface area contributed by atoms with Crippen LogP contribution in [0.15, 0.2) is 48.5 Å². The fraction of sp³-hybridized carbons (Fsp3) is 0.435. The fourth-order valence-corrected chi connectivity index (χ4v) is 3.58. The molecule has 0 aromatic heterocycles. The van der Waals surface area contributed by atoms with E-state index in [1.54, 1.807) is 26.1 Å². The number of carbonyl (C=O) groups excluding carboxylic acids is 1. The van der Waals surface area contributed by atoms with Crippen molar-refractivity contribution in [3.8, 4) is 5.75 Å². The van der Waals surface area contributed by atoms with Crippen LogP contribution in [0.2, 0.25) is 0 Å². The Bertz CT molecular complexity index is 825. The molecular weight excluding hydrogens is 366 g/mol. The van der Waals surface area contributed by atoms with Crippen LogP contribution in [0.1, 0.15) is 28.9 Å². The SMILES string of the molecule is COc1cccc([C@@H](C)NCC2COCCN2c2cccc(C(=O)N(C)C)c2)c1. The van der Waals surface area contributed by atoms with Crippen molar-refractivity contribution >= 4 is 11.6 Å². The lowest BCUT2D eigenvalue weighted by Gasteiger charge is -2.38. The van der Waals surface area contributed by atoms with Gasteiger partial charge in [0.25, 0.3) is 5.91 Å². The Labute approximate surface area is 173 Å². The molecule has 1 aliphatic rings. The first-order valence-electron chi connectivity index (χ1n) is 10.0. The highest BCUT2D eigenvalue weighted by Gasteiger charge is 2.24. The predicted octanol–water partition coefficient (Wildman–Crippen LogP) is 2.95. The zero-order valence-electron chi connectivity index (χ0n) is 17.7. The van der Waals surface area contributed by atoms with Crippen molar-refractivity contribution in [2.75, 3.05) is 52.4 Å². The highest BCUT2D eigenvalue weighted by atomic mass is 16.5. The maximum absolute atomic E-state index is 12.3. The van der Waals surface area contributed by atoms with E-state index in [4.69, 9.17) is 9.47 Å². The second-order valence-corrected chi connectivity index (χ2v) is 7.58. The van der Waals surface area contributed by atoms with Crippen molar-refractivity contribution in [1.29, 1.82) is 0 Å². The highest BCUT2D eigenvalue weighted by molar-refractivity contribution is 5.94. The van der Waals surface area contributed by atoms with E-state index >= 15 is 0 Å². The summed E-state index contributed by atoms with van der Waals surface area (Å²) in [5.74, 6) is 0.877. The quantitative estimate of drug-likeness (QED) is 0.779. The molecule has 1 N–H and O–H groups in total. The number of nitrogens with zero attached hydrogens (tertiary/aromatic N) is 2. The van der Waals surface area contributed by atoms with Crippen molar-refractivity contribution in [2.24, 2.45) is 0 Å². The summed E-state index contributed by atoms with van der Waals surface area (Å²) in [5, 5.41) is 3.62. The van der Waals surface area contributed by atoms with Gasteiger partial charge in [0.15, 0.2) is 0 Å². The van der Waals surface area contributed by atoms with Crippen molar-refractivity contribution in [3.05, 3.63) is 59.7 Å². The number of hydrogen-bond acceptors (Lipinski definition) is 5. The van der Waals surface area contributed by atoms with Gasteiger partial charge in [-0.2, -0.15) is 0 Å². The third-order valence-electron chi connectivity index (χ3n) is 5.31. The topological polar surface area (TPSA) is 54.0 Å². The third kappa shape index (κ3) is 5.28. The number of benzene rings is 2. The van der Waals surface area contributed by atoms with E-state index in [0.717, 1.165) is 24.5 Å². The normalized spacial score (nSPS) is 17.7. The molecule has 0 aliphatic carbocycles. The summed E-state index contributed by atoms with van der Waals surface area (Å²) in [4.78, 5) is 16.3. The fourth-order valence-electron chi connectivity index (χ4n) is 3.58. The van der Waals surface area contributed by atoms with Crippen LogP contribution in [0, 0.1) is 0 Å². The number of morpholine rings is 1. The van der Waals surface area contributed by atoms with Gasteiger partial charge in [-0.15, -0.1) is 0 Å². The van der Waals surface area contributed by atoms with Crippen LogP contribution in [0.5, 0.6) is 5.75 Å². The first kappa shape index (κ1) is 21.1. The Kier molecular flexibility index (Phi) is 7.12. The van der Waals surface area contributed by atoms with Crippen LogP contribution in [0.3, 0.4) is 0 Å². The summed E-state index contributed by atoms with van der Waals surface area (Å²) in [5.41, 5.74) is 2.95. The molecule has 0 bridgehead atoms. The Morgan fingerprint density at radius 3 is 2.83 bits per heavy atom. The Balaban J connectivity index is 1.70. The van der Waals surface area contributed by atoms with Gasteiger partial charge in [0.1, 0.15) is 5.75 Å². The highest BCUT2D eigenvalue weighted by Crippen LogP contribution is 2.23. The van der Waals surface area contributed by atoms with Crippen LogP contribution in [-0.4, -0.2) is 64.4 Å². The Morgan fingerprint density at radius 1 is 1.28 bits per heavy atom. The largest absolute Gasteiger partial charge is 0.497 e. The van der Waals surface area contributed by atoms with Gasteiger partial charge < -0.3 is 24.6 Å². The number of ether oxygens (including phenoxy) is 2. The number of carbonyl (C=O) groups is 1. The van der Waals surface area contributed by atoms with E-state index in [1.165, 1.54) is 5.56 Å². The maximum Gasteiger partial charge on any atom is 0.253 e. The Morgan fingerprint density at radius 2 is 2.07 bits per heavy atom. The zero-order valence-corrected chi connectivity index (χ0v) is 17.7. The Hall–Kier alpha value is -2.57. The van der Waals surface area contributed by atoms with Crippen molar-refractivity contribution in [3.63, 3.8) is 0 Å². The maximum atomic E-state index is 12.3. The number of nitrogens with one attached hydrogen (secondary N) is 1. The molecule has 156 valence electrons. The minimum atomic E-state index is 0.0152. The van der Waals surface area contributed by atoms with Crippen LogP contribution in [-0.2, 0) is 4.74 Å². The van der Waals surface area contributed by atoms with Gasteiger partial charge in [-0.1, -0.05) is 18.2 Å². The van der Waals surface area contributed by atoms with Gasteiger partial charge in [-0.3, -0.25) is 4.79 Å². The molecule has 1 aliphatic heterocycles. The standard InChI is InChI=1S/C23H31N3O3/c1-17(18-7-6-10-22(14-18)28-4)24-15-21-16-29-12-11-26(21)20-9-5-8-19(13-20)23(27)25(2)3/h5-10,13-14,17,21,24H,11-12,15-16H2,1-4H3/t17-,21?/m1/s1. The van der Waals surface area contributed by atoms with Gasteiger partial charge in [0, 0.05) is 44.5 Å². The van der Waals surface area contributed by atoms with Gasteiger partial charge in [0.05, 0.1) is 26.4 Å². The van der Waals surface area contributed by atoms with Crippen LogP contribution >= 0.6 is 0 Å². The summed E-state index contributed by atoms with van der Waals surface area (Å²) in [7, 11) is 5.23. The van der Waals surface area contributed by atoms with E-state index in [0.29, 0.717) is 18.8 Å². The number of hydrogen-bond donors (Lipinski definition) is 1. The molecule has 1 saturated heterocycles. The smallest absolute Gasteiger partial charge is 0.253 e. The molecule has 6 nitrogen and oxygen atoms in total. The monoisotopic (exact) mass is 397 g/mol. The van der Waals surface area contributed by atoms with E-state index < -0.39 is 0 Å². The number of methoxy groups -OCH3 is 1. The number of anilines is 1. The van der Waals surface area contributed by atoms with E-state index in [1.807, 2.05) is 30.3 Å². The van der Waals surface area contributed by atoms with E-state index in [9.17, 15) is 4.79 Å². The molecule has 0 spiro atoms. The number of rotatable bonds is 7. The second-order valence-electron chi connectivity index (χ2n) is 7.58. The van der Waals surface area contributed by atoms with Crippen LogP contribution in [0.4, 0.5) is 5.69 Å². The molecule has 2 aromatic rings. The minimum absolute atomic E-state index is 0.0152. The molecular formula is C23H31N3O3. The van der Waals surface area contributed by atoms with Gasteiger partial charge >= 0.3 is 0 Å². The molecule has 0 saturated carbocycles. The molecule has 3 rings (SSSR count). The van der Waals surface area contributed by atoms with E-state index in [-0.39, 0.29) is 18.0 Å². The van der Waals surface area contributed by atoms with E-state index in [2.05, 4.69) is 35.3 Å². The predicted molar refractivity (Wildman–Crippen MR) is 116 cm³/mol. The lowest BCUT2D eigenvalue weighted by Crippen LogP contribution is -2.51. The molecule has 1 amide bonds. The first-order valence-corrected chi connectivity index (χ1v) is 10.0. The summed E-state index contributed by atoms with van der Waals surface area (Å²) < 4.78 is 11.1. The number of amides is 1. The van der Waals surface area contributed by atoms with Crippen molar-refractivity contribution in [1.82, 2.24) is 10.2 Å². The van der Waals surface area contributed by atoms with Gasteiger partial charge in [-0.05, 0) is 42.8 Å². The average molecular weight is 398 g/mol. The van der Waals surface area contributed by atoms with Gasteiger partial charge in [-0.25, -0.2) is 0 Å². The molecule has 2 aromatic carbocycles. The molecule has 6 heteroatoms. The molecule has 29 heavy (non-hydrogen) atoms. The van der Waals surface area contributed by atoms with Crippen molar-refractivity contribution < 1.29 is 14.3 Å². The van der Waals surface area contributed by atoms with Gasteiger partial charge in [0.2, 0.25) is 0 Å². The zero-order chi connectivity index (χ0) is 20.8. The molecule has 1 fully saturated rings. The lowest BCUT2D eigenvalue weighted by atomic mass is 10.1. The molecule has 1 heterocycles.